The Hall–Kier alpha value is -1.69. The standard InChI is InChI=1S/C10H13BrO2.C7H6O2/c11-6-10(12)8-13-7-9-4-2-1-3-5-9;8-7(9)6-4-2-1-3-5-6/h1-5,10,12H,6-8H2;1-5H,(H,8,9)/t10-;/m0./s1. The van der Waals surface area contributed by atoms with Gasteiger partial charge in [0.1, 0.15) is 0 Å². The minimum Gasteiger partial charge on any atom is -0.478 e. The van der Waals surface area contributed by atoms with E-state index in [1.807, 2.05) is 30.3 Å². The Labute approximate surface area is 138 Å². The van der Waals surface area contributed by atoms with Gasteiger partial charge in [0.15, 0.2) is 0 Å². The molecule has 2 N–H and O–H groups in total. The first-order valence-corrected chi connectivity index (χ1v) is 7.89. The van der Waals surface area contributed by atoms with E-state index >= 15 is 0 Å². The van der Waals surface area contributed by atoms with Crippen LogP contribution in [0.1, 0.15) is 15.9 Å². The van der Waals surface area contributed by atoms with Gasteiger partial charge in [-0.15, -0.1) is 0 Å². The average molecular weight is 367 g/mol. The molecule has 2 aromatic rings. The van der Waals surface area contributed by atoms with E-state index in [2.05, 4.69) is 15.9 Å². The number of aromatic carboxylic acids is 1. The van der Waals surface area contributed by atoms with Crippen molar-refractivity contribution in [1.29, 1.82) is 0 Å². The molecule has 0 heterocycles. The number of hydrogen-bond donors (Lipinski definition) is 2. The van der Waals surface area contributed by atoms with Gasteiger partial charge in [-0.2, -0.15) is 0 Å². The van der Waals surface area contributed by atoms with Crippen LogP contribution in [0.4, 0.5) is 0 Å². The number of hydrogen-bond acceptors (Lipinski definition) is 3. The van der Waals surface area contributed by atoms with Gasteiger partial charge < -0.3 is 14.9 Å². The van der Waals surface area contributed by atoms with E-state index in [1.54, 1.807) is 30.3 Å². The van der Waals surface area contributed by atoms with Gasteiger partial charge in [0.25, 0.3) is 0 Å². The maximum Gasteiger partial charge on any atom is 0.335 e. The highest BCUT2D eigenvalue weighted by Crippen LogP contribution is 2.01. The molecule has 0 radical (unpaired) electrons. The number of aliphatic hydroxyl groups excluding tert-OH is 1. The van der Waals surface area contributed by atoms with Crippen LogP contribution >= 0.6 is 15.9 Å². The van der Waals surface area contributed by atoms with E-state index in [0.29, 0.717) is 24.1 Å². The molecule has 0 bridgehead atoms. The highest BCUT2D eigenvalue weighted by molar-refractivity contribution is 9.09. The molecule has 0 spiro atoms. The maximum atomic E-state index is 10.2. The zero-order valence-electron chi connectivity index (χ0n) is 12.1. The molecule has 118 valence electrons. The number of rotatable bonds is 6. The fraction of sp³-hybridized carbons (Fsp3) is 0.235. The quantitative estimate of drug-likeness (QED) is 0.769. The zero-order valence-corrected chi connectivity index (χ0v) is 13.6. The van der Waals surface area contributed by atoms with Gasteiger partial charge >= 0.3 is 5.97 Å². The molecule has 0 aliphatic rings. The number of carboxylic acids is 1. The molecule has 2 aromatic carbocycles. The topological polar surface area (TPSA) is 66.8 Å². The third-order valence-electron chi connectivity index (χ3n) is 2.62. The first kappa shape index (κ1) is 18.4. The van der Waals surface area contributed by atoms with Gasteiger partial charge in [0.05, 0.1) is 24.9 Å². The van der Waals surface area contributed by atoms with E-state index in [4.69, 9.17) is 14.9 Å². The first-order chi connectivity index (χ1) is 10.6. The zero-order chi connectivity index (χ0) is 16.2. The third kappa shape index (κ3) is 7.93. The molecule has 0 aromatic heterocycles. The van der Waals surface area contributed by atoms with E-state index < -0.39 is 12.1 Å². The van der Waals surface area contributed by atoms with Gasteiger partial charge in [0.2, 0.25) is 0 Å². The molecule has 0 amide bonds. The molecule has 0 fully saturated rings. The SMILES string of the molecule is O=C(O)c1ccccc1.O[C@@H](CBr)COCc1ccccc1. The summed E-state index contributed by atoms with van der Waals surface area (Å²) in [4.78, 5) is 10.2. The van der Waals surface area contributed by atoms with Crippen LogP contribution in [0.15, 0.2) is 60.7 Å². The summed E-state index contributed by atoms with van der Waals surface area (Å²) < 4.78 is 5.29. The van der Waals surface area contributed by atoms with Gasteiger partial charge in [0, 0.05) is 5.33 Å². The molecule has 5 heteroatoms. The summed E-state index contributed by atoms with van der Waals surface area (Å²) in [5, 5.41) is 18.1. The van der Waals surface area contributed by atoms with Crippen molar-refractivity contribution < 1.29 is 19.7 Å². The predicted molar refractivity (Wildman–Crippen MR) is 89.3 cm³/mol. The average Bonchev–Trinajstić information content (AvgIpc) is 2.57. The molecular weight excluding hydrogens is 348 g/mol. The number of aliphatic hydroxyl groups is 1. The molecule has 4 nitrogen and oxygen atoms in total. The summed E-state index contributed by atoms with van der Waals surface area (Å²) >= 11 is 3.17. The molecule has 0 aliphatic carbocycles. The van der Waals surface area contributed by atoms with E-state index in [0.717, 1.165) is 5.56 Å². The molecular formula is C17H19BrO4. The number of carbonyl (C=O) groups is 1. The second-order valence-corrected chi connectivity index (χ2v) is 5.13. The van der Waals surface area contributed by atoms with Gasteiger partial charge in [-0.1, -0.05) is 64.5 Å². The van der Waals surface area contributed by atoms with Crippen molar-refractivity contribution in [3.63, 3.8) is 0 Å². The Kier molecular flexibility index (Phi) is 9.14. The normalized spacial score (nSPS) is 11.2. The molecule has 0 unspecified atom stereocenters. The lowest BCUT2D eigenvalue weighted by molar-refractivity contribution is 0.0403. The van der Waals surface area contributed by atoms with Crippen molar-refractivity contribution in [3.8, 4) is 0 Å². The van der Waals surface area contributed by atoms with E-state index in [9.17, 15) is 4.79 Å². The number of carboxylic acid groups (broad SMARTS) is 1. The Morgan fingerprint density at radius 1 is 1.05 bits per heavy atom. The van der Waals surface area contributed by atoms with E-state index in [-0.39, 0.29) is 0 Å². The molecule has 22 heavy (non-hydrogen) atoms. The summed E-state index contributed by atoms with van der Waals surface area (Å²) in [6, 6.07) is 18.2. The number of alkyl halides is 1. The fourth-order valence-electron chi connectivity index (χ4n) is 1.51. The van der Waals surface area contributed by atoms with Crippen LogP contribution in [0.25, 0.3) is 0 Å². The minimum atomic E-state index is -0.879. The highest BCUT2D eigenvalue weighted by Gasteiger charge is 2.00. The lowest BCUT2D eigenvalue weighted by Crippen LogP contribution is -2.16. The monoisotopic (exact) mass is 366 g/mol. The van der Waals surface area contributed by atoms with Gasteiger partial charge in [-0.05, 0) is 17.7 Å². The second-order valence-electron chi connectivity index (χ2n) is 4.48. The number of halogens is 1. The first-order valence-electron chi connectivity index (χ1n) is 6.77. The van der Waals surface area contributed by atoms with Crippen LogP contribution in [-0.2, 0) is 11.3 Å². The fourth-order valence-corrected chi connectivity index (χ4v) is 1.70. The third-order valence-corrected chi connectivity index (χ3v) is 3.37. The Balaban J connectivity index is 0.000000235. The van der Waals surface area contributed by atoms with Gasteiger partial charge in [-0.25, -0.2) is 4.79 Å². The van der Waals surface area contributed by atoms with Crippen molar-refractivity contribution in [2.75, 3.05) is 11.9 Å². The summed E-state index contributed by atoms with van der Waals surface area (Å²) in [7, 11) is 0. The van der Waals surface area contributed by atoms with Crippen molar-refractivity contribution >= 4 is 21.9 Å². The summed E-state index contributed by atoms with van der Waals surface area (Å²) in [6.07, 6.45) is -0.413. The minimum absolute atomic E-state index is 0.331. The Bertz CT molecular complexity index is 531. The Morgan fingerprint density at radius 2 is 1.59 bits per heavy atom. The van der Waals surface area contributed by atoms with Crippen LogP contribution < -0.4 is 0 Å². The molecule has 2 rings (SSSR count). The lowest BCUT2D eigenvalue weighted by Gasteiger charge is -2.07. The molecule has 1 atom stereocenters. The largest absolute Gasteiger partial charge is 0.478 e. The van der Waals surface area contributed by atoms with Crippen LogP contribution in [0.5, 0.6) is 0 Å². The summed E-state index contributed by atoms with van der Waals surface area (Å²) in [5.74, 6) is -0.879. The van der Waals surface area contributed by atoms with Gasteiger partial charge in [-0.3, -0.25) is 0 Å². The molecule has 0 aliphatic heterocycles. The van der Waals surface area contributed by atoms with Crippen molar-refractivity contribution in [2.24, 2.45) is 0 Å². The Morgan fingerprint density at radius 3 is 2.05 bits per heavy atom. The van der Waals surface area contributed by atoms with E-state index in [1.165, 1.54) is 0 Å². The summed E-state index contributed by atoms with van der Waals surface area (Å²) in [5.41, 5.74) is 1.46. The van der Waals surface area contributed by atoms with Crippen molar-refractivity contribution in [1.82, 2.24) is 0 Å². The number of ether oxygens (including phenoxy) is 1. The second kappa shape index (κ2) is 11.0. The maximum absolute atomic E-state index is 10.2. The van der Waals surface area contributed by atoms with Crippen LogP contribution in [0.2, 0.25) is 0 Å². The van der Waals surface area contributed by atoms with Crippen LogP contribution in [0.3, 0.4) is 0 Å². The van der Waals surface area contributed by atoms with Crippen molar-refractivity contribution in [3.05, 3.63) is 71.8 Å². The predicted octanol–water partition coefficient (Wildman–Crippen LogP) is 3.34. The highest BCUT2D eigenvalue weighted by atomic mass is 79.9. The molecule has 0 saturated carbocycles. The van der Waals surface area contributed by atoms with Crippen LogP contribution in [0, 0.1) is 0 Å². The smallest absolute Gasteiger partial charge is 0.335 e. The molecule has 0 saturated heterocycles. The number of benzene rings is 2. The summed E-state index contributed by atoms with van der Waals surface area (Å²) in [6.45, 7) is 0.936. The van der Waals surface area contributed by atoms with Crippen molar-refractivity contribution in [2.45, 2.75) is 12.7 Å². The lowest BCUT2D eigenvalue weighted by atomic mass is 10.2. The van der Waals surface area contributed by atoms with Crippen LogP contribution in [-0.4, -0.2) is 34.2 Å².